The Hall–Kier alpha value is -1.20. The molecule has 0 aliphatic heterocycles. The predicted molar refractivity (Wildman–Crippen MR) is 59.7 cm³/mol. The van der Waals surface area contributed by atoms with Gasteiger partial charge in [0.05, 0.1) is 18.4 Å². The van der Waals surface area contributed by atoms with Crippen molar-refractivity contribution < 1.29 is 14.6 Å². The van der Waals surface area contributed by atoms with Crippen molar-refractivity contribution in [1.29, 1.82) is 0 Å². The number of aromatic nitrogens is 1. The minimum atomic E-state index is -0.877. The number of aliphatic hydroxyl groups is 2. The number of rotatable bonds is 4. The van der Waals surface area contributed by atoms with Crippen molar-refractivity contribution >= 4 is 5.82 Å². The molecule has 0 aliphatic carbocycles. The third-order valence-electron chi connectivity index (χ3n) is 2.07. The van der Waals surface area contributed by atoms with Crippen molar-refractivity contribution in [3.8, 4) is 0 Å². The van der Waals surface area contributed by atoms with Gasteiger partial charge in [0.25, 0.3) is 0 Å². The predicted octanol–water partition coefficient (Wildman–Crippen LogP) is 0.920. The molecule has 0 atom stereocenters. The van der Waals surface area contributed by atoms with Crippen LogP contribution in [0.4, 0.5) is 10.2 Å². The zero-order valence-electron chi connectivity index (χ0n) is 9.74. The van der Waals surface area contributed by atoms with Crippen molar-refractivity contribution in [3.05, 3.63) is 23.6 Å². The van der Waals surface area contributed by atoms with E-state index in [1.807, 2.05) is 0 Å². The van der Waals surface area contributed by atoms with Crippen LogP contribution in [0.15, 0.2) is 12.3 Å². The van der Waals surface area contributed by atoms with Crippen molar-refractivity contribution in [3.63, 3.8) is 0 Å². The normalized spacial score (nSPS) is 11.6. The average Bonchev–Trinajstić information content (AvgIpc) is 2.14. The van der Waals surface area contributed by atoms with E-state index in [1.54, 1.807) is 25.8 Å². The van der Waals surface area contributed by atoms with Gasteiger partial charge in [-0.3, -0.25) is 0 Å². The molecule has 0 bridgehead atoms. The smallest absolute Gasteiger partial charge is 0.142 e. The van der Waals surface area contributed by atoms with E-state index in [2.05, 4.69) is 4.98 Å². The number of anilines is 1. The zero-order valence-corrected chi connectivity index (χ0v) is 9.74. The van der Waals surface area contributed by atoms with Crippen LogP contribution in [0.5, 0.6) is 0 Å². The molecule has 1 aromatic rings. The molecule has 0 spiro atoms. The lowest BCUT2D eigenvalue weighted by Gasteiger charge is -2.27. The number of hydrogen-bond acceptors (Lipinski definition) is 4. The fourth-order valence-electron chi connectivity index (χ4n) is 1.59. The lowest BCUT2D eigenvalue weighted by atomic mass is 10.1. The average molecular weight is 228 g/mol. The number of pyridine rings is 1. The summed E-state index contributed by atoms with van der Waals surface area (Å²) in [5, 5.41) is 18.8. The van der Waals surface area contributed by atoms with Gasteiger partial charge in [-0.05, 0) is 19.9 Å². The van der Waals surface area contributed by atoms with Crippen LogP contribution >= 0.6 is 0 Å². The minimum Gasteiger partial charge on any atom is -0.392 e. The fourth-order valence-corrected chi connectivity index (χ4v) is 1.59. The zero-order chi connectivity index (χ0) is 12.3. The second-order valence-corrected chi connectivity index (χ2v) is 4.46. The number of likely N-dealkylation sites (N-methyl/N-ethyl adjacent to an activating group) is 1. The quantitative estimate of drug-likeness (QED) is 0.804. The van der Waals surface area contributed by atoms with Crippen LogP contribution in [-0.2, 0) is 6.61 Å². The van der Waals surface area contributed by atoms with E-state index >= 15 is 0 Å². The van der Waals surface area contributed by atoms with Gasteiger partial charge < -0.3 is 15.1 Å². The fraction of sp³-hybridized carbons (Fsp3) is 0.545. The second kappa shape index (κ2) is 4.76. The minimum absolute atomic E-state index is 0.281. The van der Waals surface area contributed by atoms with E-state index in [4.69, 9.17) is 5.11 Å². The molecule has 90 valence electrons. The molecule has 0 aromatic carbocycles. The first-order chi connectivity index (χ1) is 7.33. The van der Waals surface area contributed by atoms with Gasteiger partial charge in [0.15, 0.2) is 0 Å². The Balaban J connectivity index is 2.94. The summed E-state index contributed by atoms with van der Waals surface area (Å²) in [6, 6.07) is 1.24. The molecule has 1 aromatic heterocycles. The standard InChI is InChI=1S/C11H17FN2O2/c1-11(2,16)7-14(3)10-8(6-15)4-9(12)5-13-10/h4-5,15-16H,6-7H2,1-3H3. The molecule has 0 saturated heterocycles. The first-order valence-electron chi connectivity index (χ1n) is 5.02. The number of halogens is 1. The van der Waals surface area contributed by atoms with Gasteiger partial charge in [0.1, 0.15) is 11.6 Å². The topological polar surface area (TPSA) is 56.6 Å². The first-order valence-corrected chi connectivity index (χ1v) is 5.02. The van der Waals surface area contributed by atoms with E-state index < -0.39 is 11.4 Å². The Morgan fingerprint density at radius 2 is 2.12 bits per heavy atom. The Bertz CT molecular complexity index is 363. The van der Waals surface area contributed by atoms with Crippen LogP contribution in [0, 0.1) is 5.82 Å². The van der Waals surface area contributed by atoms with Crippen LogP contribution in [0.25, 0.3) is 0 Å². The Labute approximate surface area is 94.4 Å². The summed E-state index contributed by atoms with van der Waals surface area (Å²) < 4.78 is 12.9. The molecule has 0 unspecified atom stereocenters. The molecular formula is C11H17FN2O2. The Kier molecular flexibility index (Phi) is 3.83. The highest BCUT2D eigenvalue weighted by Gasteiger charge is 2.18. The summed E-state index contributed by atoms with van der Waals surface area (Å²) >= 11 is 0. The third kappa shape index (κ3) is 3.43. The summed E-state index contributed by atoms with van der Waals surface area (Å²) in [5.74, 6) is -0.00418. The highest BCUT2D eigenvalue weighted by atomic mass is 19.1. The molecule has 1 rings (SSSR count). The van der Waals surface area contributed by atoms with Gasteiger partial charge in [-0.25, -0.2) is 9.37 Å². The molecule has 2 N–H and O–H groups in total. The summed E-state index contributed by atoms with van der Waals surface area (Å²) in [6.07, 6.45) is 1.09. The van der Waals surface area contributed by atoms with Crippen LogP contribution in [-0.4, -0.2) is 34.4 Å². The molecular weight excluding hydrogens is 211 g/mol. The third-order valence-corrected chi connectivity index (χ3v) is 2.07. The maximum Gasteiger partial charge on any atom is 0.142 e. The molecule has 0 saturated carbocycles. The van der Waals surface area contributed by atoms with Crippen LogP contribution < -0.4 is 4.90 Å². The molecule has 1 heterocycles. The summed E-state index contributed by atoms with van der Waals surface area (Å²) in [4.78, 5) is 5.60. The van der Waals surface area contributed by atoms with Gasteiger partial charge in [-0.1, -0.05) is 0 Å². The van der Waals surface area contributed by atoms with Gasteiger partial charge in [0, 0.05) is 19.2 Å². The van der Waals surface area contributed by atoms with E-state index in [0.717, 1.165) is 6.20 Å². The Morgan fingerprint density at radius 1 is 1.50 bits per heavy atom. The number of aliphatic hydroxyl groups excluding tert-OH is 1. The highest BCUT2D eigenvalue weighted by Crippen LogP contribution is 2.19. The maximum absolute atomic E-state index is 12.9. The van der Waals surface area contributed by atoms with Gasteiger partial charge in [-0.15, -0.1) is 0 Å². The van der Waals surface area contributed by atoms with Crippen molar-refractivity contribution in [2.75, 3.05) is 18.5 Å². The van der Waals surface area contributed by atoms with Crippen LogP contribution in [0.1, 0.15) is 19.4 Å². The van der Waals surface area contributed by atoms with Crippen LogP contribution in [0.2, 0.25) is 0 Å². The van der Waals surface area contributed by atoms with Gasteiger partial charge >= 0.3 is 0 Å². The monoisotopic (exact) mass is 228 g/mol. The van der Waals surface area contributed by atoms with E-state index in [9.17, 15) is 9.50 Å². The molecule has 5 heteroatoms. The van der Waals surface area contributed by atoms with Crippen LogP contribution in [0.3, 0.4) is 0 Å². The summed E-state index contributed by atoms with van der Waals surface area (Å²) in [5.41, 5.74) is -0.468. The molecule has 0 amide bonds. The lowest BCUT2D eigenvalue weighted by molar-refractivity contribution is 0.0883. The molecule has 0 fully saturated rings. The van der Waals surface area contributed by atoms with Gasteiger partial charge in [0.2, 0.25) is 0 Å². The van der Waals surface area contributed by atoms with Gasteiger partial charge in [-0.2, -0.15) is 0 Å². The van der Waals surface area contributed by atoms with Crippen molar-refractivity contribution in [1.82, 2.24) is 4.98 Å². The van der Waals surface area contributed by atoms with E-state index in [0.29, 0.717) is 17.9 Å². The summed E-state index contributed by atoms with van der Waals surface area (Å²) in [7, 11) is 1.73. The number of nitrogens with zero attached hydrogens (tertiary/aromatic N) is 2. The summed E-state index contributed by atoms with van der Waals surface area (Å²) in [6.45, 7) is 3.41. The van der Waals surface area contributed by atoms with E-state index in [-0.39, 0.29) is 6.61 Å². The van der Waals surface area contributed by atoms with Crippen molar-refractivity contribution in [2.45, 2.75) is 26.1 Å². The molecule has 4 nitrogen and oxygen atoms in total. The van der Waals surface area contributed by atoms with E-state index in [1.165, 1.54) is 6.07 Å². The van der Waals surface area contributed by atoms with Crippen molar-refractivity contribution in [2.24, 2.45) is 0 Å². The SMILES string of the molecule is CN(CC(C)(C)O)c1ncc(F)cc1CO. The molecule has 16 heavy (non-hydrogen) atoms. The Morgan fingerprint density at radius 3 is 2.62 bits per heavy atom. The largest absolute Gasteiger partial charge is 0.392 e. The molecule has 0 aliphatic rings. The highest BCUT2D eigenvalue weighted by molar-refractivity contribution is 5.46. The molecule has 0 radical (unpaired) electrons. The second-order valence-electron chi connectivity index (χ2n) is 4.46. The first kappa shape index (κ1) is 12.9. The number of hydrogen-bond donors (Lipinski definition) is 2. The maximum atomic E-state index is 12.9. The lowest BCUT2D eigenvalue weighted by Crippen LogP contribution is -2.37.